The molecule has 0 saturated heterocycles. The highest BCUT2D eigenvalue weighted by atomic mass is 79.9. The molecule has 0 spiro atoms. The first kappa shape index (κ1) is 9.40. The van der Waals surface area contributed by atoms with E-state index in [1.807, 2.05) is 18.2 Å². The summed E-state index contributed by atoms with van der Waals surface area (Å²) in [7, 11) is 4.05. The van der Waals surface area contributed by atoms with Crippen LogP contribution < -0.4 is 0 Å². The van der Waals surface area contributed by atoms with Gasteiger partial charge in [0.15, 0.2) is 15.6 Å². The number of nitrogens with one attached hydrogen (secondary N) is 1. The number of rotatable bonds is 1. The van der Waals surface area contributed by atoms with Crippen LogP contribution in [0.25, 0.3) is 10.9 Å². The largest absolute Gasteiger partial charge is 0.594 e. The summed E-state index contributed by atoms with van der Waals surface area (Å²) in [6, 6.07) is 5.68. The number of para-hydroxylation sites is 1. The minimum Gasteiger partial charge on any atom is -0.594 e. The van der Waals surface area contributed by atoms with Crippen molar-refractivity contribution in [3.05, 3.63) is 28.9 Å². The minimum atomic E-state index is -1.46. The predicted octanol–water partition coefficient (Wildman–Crippen LogP) is 3.19. The molecular formula is C8H5BrClNOS. The molecule has 1 aromatic heterocycles. The summed E-state index contributed by atoms with van der Waals surface area (Å²) in [5, 5.41) is 0.891. The molecule has 2 rings (SSSR count). The van der Waals surface area contributed by atoms with E-state index < -0.39 is 10.4 Å². The number of aromatic nitrogens is 1. The molecule has 0 radical (unpaired) electrons. The van der Waals surface area contributed by atoms with Crippen molar-refractivity contribution in [1.29, 1.82) is 0 Å². The van der Waals surface area contributed by atoms with Gasteiger partial charge in [-0.1, -0.05) is 6.07 Å². The molecular weight excluding hydrogens is 274 g/mol. The highest BCUT2D eigenvalue weighted by Gasteiger charge is 2.15. The van der Waals surface area contributed by atoms with Gasteiger partial charge in [-0.25, -0.2) is 0 Å². The molecule has 2 nitrogen and oxygen atoms in total. The summed E-state index contributed by atoms with van der Waals surface area (Å²) in [4.78, 5) is 3.64. The third kappa shape index (κ3) is 1.59. The molecule has 1 heterocycles. The maximum absolute atomic E-state index is 11.1. The Labute approximate surface area is 91.1 Å². The fraction of sp³-hybridized carbons (Fsp3) is 0. The van der Waals surface area contributed by atoms with Gasteiger partial charge in [0, 0.05) is 4.47 Å². The second-order valence-corrected chi connectivity index (χ2v) is 5.12. The molecule has 0 aliphatic heterocycles. The van der Waals surface area contributed by atoms with Crippen LogP contribution in [0, 0.1) is 0 Å². The normalized spacial score (nSPS) is 13.5. The maximum Gasteiger partial charge on any atom is 0.198 e. The molecule has 5 heteroatoms. The average molecular weight is 279 g/mol. The van der Waals surface area contributed by atoms with Crippen molar-refractivity contribution in [2.45, 2.75) is 4.90 Å². The Hall–Kier alpha value is -0.160. The minimum absolute atomic E-state index is 0.623. The number of H-pyrrole nitrogens is 1. The number of aromatic amines is 1. The fourth-order valence-electron chi connectivity index (χ4n) is 1.22. The smallest absolute Gasteiger partial charge is 0.198 e. The van der Waals surface area contributed by atoms with Crippen LogP contribution in [0.3, 0.4) is 0 Å². The van der Waals surface area contributed by atoms with E-state index in [1.54, 1.807) is 6.20 Å². The van der Waals surface area contributed by atoms with Crippen LogP contribution in [-0.4, -0.2) is 9.54 Å². The molecule has 1 aromatic carbocycles. The summed E-state index contributed by atoms with van der Waals surface area (Å²) in [5.41, 5.74) is 0.923. The molecule has 0 aliphatic carbocycles. The average Bonchev–Trinajstić information content (AvgIpc) is 2.48. The summed E-state index contributed by atoms with van der Waals surface area (Å²) in [6.07, 6.45) is 1.67. The second kappa shape index (κ2) is 3.53. The van der Waals surface area contributed by atoms with Crippen molar-refractivity contribution in [3.63, 3.8) is 0 Å². The third-order valence-electron chi connectivity index (χ3n) is 1.80. The summed E-state index contributed by atoms with van der Waals surface area (Å²) < 4.78 is 12.0. The standard InChI is InChI=1S/C8H5BrClNOS/c9-6-3-1-2-5-7(13(10)12)4-11-8(5)6/h1-4,11H. The lowest BCUT2D eigenvalue weighted by Gasteiger charge is -1.96. The van der Waals surface area contributed by atoms with Crippen molar-refractivity contribution in [2.75, 3.05) is 0 Å². The Morgan fingerprint density at radius 2 is 2.23 bits per heavy atom. The van der Waals surface area contributed by atoms with Gasteiger partial charge in [0.2, 0.25) is 0 Å². The molecule has 68 valence electrons. The van der Waals surface area contributed by atoms with Crippen LogP contribution in [0.1, 0.15) is 0 Å². The molecule has 1 N–H and O–H groups in total. The zero-order valence-electron chi connectivity index (χ0n) is 6.38. The van der Waals surface area contributed by atoms with E-state index in [-0.39, 0.29) is 0 Å². The fourth-order valence-corrected chi connectivity index (χ4v) is 2.58. The molecule has 13 heavy (non-hydrogen) atoms. The molecule has 0 fully saturated rings. The quantitative estimate of drug-likeness (QED) is 0.800. The van der Waals surface area contributed by atoms with Crippen LogP contribution in [0.15, 0.2) is 33.8 Å². The van der Waals surface area contributed by atoms with Gasteiger partial charge in [-0.05, 0) is 28.1 Å². The van der Waals surface area contributed by atoms with Crippen LogP contribution in [0.4, 0.5) is 0 Å². The van der Waals surface area contributed by atoms with E-state index >= 15 is 0 Å². The highest BCUT2D eigenvalue weighted by molar-refractivity contribution is 9.10. The Bertz CT molecular complexity index is 443. The van der Waals surface area contributed by atoms with Crippen molar-refractivity contribution >= 4 is 47.9 Å². The SMILES string of the molecule is [O-][S+](Cl)c1c[nH]c2c(Br)cccc12. The van der Waals surface area contributed by atoms with E-state index in [2.05, 4.69) is 20.9 Å². The molecule has 0 amide bonds. The first-order chi connectivity index (χ1) is 6.20. The van der Waals surface area contributed by atoms with Crippen LogP contribution in [0.5, 0.6) is 0 Å². The molecule has 0 aliphatic rings. The number of hydrogen-bond donors (Lipinski definition) is 1. The third-order valence-corrected chi connectivity index (χ3v) is 3.64. The Kier molecular flexibility index (Phi) is 2.55. The Morgan fingerprint density at radius 1 is 1.46 bits per heavy atom. The second-order valence-electron chi connectivity index (χ2n) is 2.54. The van der Waals surface area contributed by atoms with Gasteiger partial charge in [0.1, 0.15) is 10.4 Å². The predicted molar refractivity (Wildman–Crippen MR) is 58.3 cm³/mol. The molecule has 0 saturated carbocycles. The van der Waals surface area contributed by atoms with Gasteiger partial charge in [-0.2, -0.15) is 0 Å². The lowest BCUT2D eigenvalue weighted by Crippen LogP contribution is -1.87. The van der Waals surface area contributed by atoms with Gasteiger partial charge in [-0.3, -0.25) is 0 Å². The number of hydrogen-bond acceptors (Lipinski definition) is 1. The first-order valence-electron chi connectivity index (χ1n) is 3.54. The maximum atomic E-state index is 11.1. The van der Waals surface area contributed by atoms with Crippen LogP contribution in [-0.2, 0) is 10.4 Å². The first-order valence-corrected chi connectivity index (χ1v) is 6.30. The lowest BCUT2D eigenvalue weighted by atomic mass is 10.2. The Balaban J connectivity index is 2.75. The van der Waals surface area contributed by atoms with Crippen molar-refractivity contribution in [3.8, 4) is 0 Å². The molecule has 1 unspecified atom stereocenters. The van der Waals surface area contributed by atoms with Gasteiger partial charge < -0.3 is 9.54 Å². The van der Waals surface area contributed by atoms with E-state index in [9.17, 15) is 4.55 Å². The summed E-state index contributed by atoms with van der Waals surface area (Å²) in [5.74, 6) is 0. The van der Waals surface area contributed by atoms with Gasteiger partial charge in [0.25, 0.3) is 0 Å². The van der Waals surface area contributed by atoms with Crippen molar-refractivity contribution < 1.29 is 4.55 Å². The molecule has 0 bridgehead atoms. The van der Waals surface area contributed by atoms with Crippen molar-refractivity contribution in [1.82, 2.24) is 4.98 Å². The zero-order valence-corrected chi connectivity index (χ0v) is 9.54. The van der Waals surface area contributed by atoms with Crippen molar-refractivity contribution in [2.24, 2.45) is 0 Å². The highest BCUT2D eigenvalue weighted by Crippen LogP contribution is 2.29. The van der Waals surface area contributed by atoms with E-state index in [0.717, 1.165) is 15.4 Å². The van der Waals surface area contributed by atoms with E-state index in [4.69, 9.17) is 10.7 Å². The topological polar surface area (TPSA) is 38.8 Å². The van der Waals surface area contributed by atoms with Crippen LogP contribution in [0.2, 0.25) is 0 Å². The number of fused-ring (bicyclic) bond motifs is 1. The van der Waals surface area contributed by atoms with Gasteiger partial charge >= 0.3 is 0 Å². The lowest BCUT2D eigenvalue weighted by molar-refractivity contribution is 0.609. The molecule has 1 atom stereocenters. The van der Waals surface area contributed by atoms with Crippen LogP contribution >= 0.6 is 26.6 Å². The summed E-state index contributed by atoms with van der Waals surface area (Å²) >= 11 is 3.39. The number of benzene rings is 1. The monoisotopic (exact) mass is 277 g/mol. The number of halogens is 2. The summed E-state index contributed by atoms with van der Waals surface area (Å²) in [6.45, 7) is 0. The van der Waals surface area contributed by atoms with E-state index in [1.165, 1.54) is 0 Å². The molecule has 2 aromatic rings. The zero-order chi connectivity index (χ0) is 9.42. The van der Waals surface area contributed by atoms with Gasteiger partial charge in [-0.15, -0.1) is 0 Å². The van der Waals surface area contributed by atoms with E-state index in [0.29, 0.717) is 4.90 Å². The van der Waals surface area contributed by atoms with Gasteiger partial charge in [0.05, 0.1) is 17.1 Å². The Morgan fingerprint density at radius 3 is 2.92 bits per heavy atom.